The van der Waals surface area contributed by atoms with Crippen LogP contribution in [0.2, 0.25) is 0 Å². The molecule has 1 saturated heterocycles. The summed E-state index contributed by atoms with van der Waals surface area (Å²) in [6.07, 6.45) is -1.68. The van der Waals surface area contributed by atoms with Crippen LogP contribution in [-0.2, 0) is 45.6 Å². The second-order valence-electron chi connectivity index (χ2n) is 7.41. The number of Topliss-reactive ketones (excluding diaryl/α,β-unsaturated/α-hetero) is 1. The number of benzene rings is 3. The fourth-order valence-electron chi connectivity index (χ4n) is 3.16. The Labute approximate surface area is 192 Å². The van der Waals surface area contributed by atoms with Gasteiger partial charge in [0.25, 0.3) is 0 Å². The molecule has 1 fully saturated rings. The molecule has 7 nitrogen and oxygen atoms in total. The van der Waals surface area contributed by atoms with Crippen molar-refractivity contribution >= 4 is 13.6 Å². The predicted octanol–water partition coefficient (Wildman–Crippen LogP) is 5.23. The van der Waals surface area contributed by atoms with Crippen molar-refractivity contribution in [2.75, 3.05) is 13.2 Å². The van der Waals surface area contributed by atoms with E-state index in [4.69, 9.17) is 23.0 Å². The number of phosphoric acid groups is 1. The molecule has 1 aliphatic heterocycles. The summed E-state index contributed by atoms with van der Waals surface area (Å²) < 4.78 is 41.4. The molecule has 3 aromatic carbocycles. The van der Waals surface area contributed by atoms with Crippen LogP contribution in [0.15, 0.2) is 91.0 Å². The standard InChI is InChI=1S/C25H25O7P/c26-23-18-28-25(22-14-8-3-9-15-22)32-24(23)19-31-33(27,29-16-20-10-4-1-5-11-20)30-17-21-12-6-2-7-13-21/h1-15,24-25H,16-19H2/t24-,25?/m1/s1. The van der Waals surface area contributed by atoms with Crippen molar-refractivity contribution in [3.05, 3.63) is 108 Å². The van der Waals surface area contributed by atoms with Gasteiger partial charge in [0.05, 0.1) is 19.8 Å². The molecule has 172 valence electrons. The molecule has 0 N–H and O–H groups in total. The maximum Gasteiger partial charge on any atom is 0.475 e. The van der Waals surface area contributed by atoms with Crippen LogP contribution in [0.1, 0.15) is 23.0 Å². The number of rotatable bonds is 10. The Bertz CT molecular complexity index is 1010. The lowest BCUT2D eigenvalue weighted by molar-refractivity contribution is -0.216. The summed E-state index contributed by atoms with van der Waals surface area (Å²) in [4.78, 5) is 12.3. The van der Waals surface area contributed by atoms with Gasteiger partial charge >= 0.3 is 7.82 Å². The zero-order chi connectivity index (χ0) is 22.9. The number of carbonyl (C=O) groups is 1. The van der Waals surface area contributed by atoms with Gasteiger partial charge in [-0.1, -0.05) is 91.0 Å². The zero-order valence-corrected chi connectivity index (χ0v) is 18.8. The highest BCUT2D eigenvalue weighted by Gasteiger charge is 2.35. The maximum absolute atomic E-state index is 13.4. The molecule has 3 aromatic rings. The number of ketones is 1. The molecule has 0 saturated carbocycles. The minimum Gasteiger partial charge on any atom is -0.340 e. The smallest absolute Gasteiger partial charge is 0.340 e. The summed E-state index contributed by atoms with van der Waals surface area (Å²) in [6.45, 7) is -0.357. The molecule has 1 unspecified atom stereocenters. The van der Waals surface area contributed by atoms with E-state index in [0.717, 1.165) is 16.7 Å². The molecule has 0 aromatic heterocycles. The van der Waals surface area contributed by atoms with Crippen molar-refractivity contribution in [2.24, 2.45) is 0 Å². The number of ether oxygens (including phenoxy) is 2. The van der Waals surface area contributed by atoms with Gasteiger partial charge in [-0.15, -0.1) is 0 Å². The summed E-state index contributed by atoms with van der Waals surface area (Å²) in [5.41, 5.74) is 2.40. The Morgan fingerprint density at radius 1 is 0.758 bits per heavy atom. The first kappa shape index (κ1) is 23.5. The van der Waals surface area contributed by atoms with Gasteiger partial charge in [0.2, 0.25) is 0 Å². The van der Waals surface area contributed by atoms with Gasteiger partial charge in [0, 0.05) is 5.56 Å². The normalized spacial score (nSPS) is 18.8. The maximum atomic E-state index is 13.4. The van der Waals surface area contributed by atoms with Gasteiger partial charge in [-0.3, -0.25) is 18.4 Å². The summed E-state index contributed by atoms with van der Waals surface area (Å²) in [7, 11) is -4.01. The first-order valence-corrected chi connectivity index (χ1v) is 12.0. The molecule has 2 atom stereocenters. The highest BCUT2D eigenvalue weighted by atomic mass is 31.2. The van der Waals surface area contributed by atoms with Crippen molar-refractivity contribution in [2.45, 2.75) is 25.6 Å². The van der Waals surface area contributed by atoms with Crippen molar-refractivity contribution in [1.29, 1.82) is 0 Å². The van der Waals surface area contributed by atoms with Crippen molar-refractivity contribution in [3.8, 4) is 0 Å². The van der Waals surface area contributed by atoms with Gasteiger partial charge in [-0.25, -0.2) is 4.57 Å². The number of carbonyl (C=O) groups excluding carboxylic acids is 1. The van der Waals surface area contributed by atoms with Crippen molar-refractivity contribution < 1.29 is 32.4 Å². The molecule has 0 spiro atoms. The molecule has 0 aliphatic carbocycles. The van der Waals surface area contributed by atoms with E-state index in [1.165, 1.54) is 0 Å². The minimum absolute atomic E-state index is 0.0299. The van der Waals surface area contributed by atoms with E-state index in [9.17, 15) is 9.36 Å². The van der Waals surface area contributed by atoms with Gasteiger partial charge in [0.1, 0.15) is 12.7 Å². The van der Waals surface area contributed by atoms with Crippen LogP contribution < -0.4 is 0 Å². The summed E-state index contributed by atoms with van der Waals surface area (Å²) >= 11 is 0. The van der Waals surface area contributed by atoms with Crippen LogP contribution in [0.3, 0.4) is 0 Å². The second-order valence-corrected chi connectivity index (χ2v) is 9.07. The quantitative estimate of drug-likeness (QED) is 0.377. The molecular weight excluding hydrogens is 443 g/mol. The summed E-state index contributed by atoms with van der Waals surface area (Å²) in [6, 6.07) is 27.8. The van der Waals surface area contributed by atoms with Crippen molar-refractivity contribution in [3.63, 3.8) is 0 Å². The average Bonchev–Trinajstić information content (AvgIpc) is 2.88. The molecule has 1 aliphatic rings. The van der Waals surface area contributed by atoms with E-state index in [0.29, 0.717) is 0 Å². The minimum atomic E-state index is -4.01. The van der Waals surface area contributed by atoms with E-state index in [1.807, 2.05) is 91.0 Å². The summed E-state index contributed by atoms with van der Waals surface area (Å²) in [5.74, 6) is -0.306. The van der Waals surface area contributed by atoms with Crippen LogP contribution in [-0.4, -0.2) is 25.1 Å². The molecule has 0 amide bonds. The first-order valence-electron chi connectivity index (χ1n) is 10.6. The molecule has 0 radical (unpaired) electrons. The van der Waals surface area contributed by atoms with Gasteiger partial charge in [-0.05, 0) is 11.1 Å². The molecule has 0 bridgehead atoms. The SMILES string of the molecule is O=C1COC(c2ccccc2)O[C@@H]1COP(=O)(OCc1ccccc1)OCc1ccccc1. The lowest BCUT2D eigenvalue weighted by Crippen LogP contribution is -2.39. The zero-order valence-electron chi connectivity index (χ0n) is 17.9. The summed E-state index contributed by atoms with van der Waals surface area (Å²) in [5, 5.41) is 0. The third-order valence-electron chi connectivity index (χ3n) is 4.94. The second kappa shape index (κ2) is 11.5. The van der Waals surface area contributed by atoms with Gasteiger partial charge in [0.15, 0.2) is 12.1 Å². The topological polar surface area (TPSA) is 80.3 Å². The third-order valence-corrected chi connectivity index (χ3v) is 6.30. The Kier molecular flexibility index (Phi) is 8.18. The van der Waals surface area contributed by atoms with E-state index >= 15 is 0 Å². The monoisotopic (exact) mass is 468 g/mol. The highest BCUT2D eigenvalue weighted by Crippen LogP contribution is 2.51. The van der Waals surface area contributed by atoms with Crippen LogP contribution in [0, 0.1) is 0 Å². The largest absolute Gasteiger partial charge is 0.475 e. The Morgan fingerprint density at radius 3 is 1.82 bits per heavy atom. The Balaban J connectivity index is 1.41. The number of hydrogen-bond donors (Lipinski definition) is 0. The first-order chi connectivity index (χ1) is 16.1. The van der Waals surface area contributed by atoms with Crippen LogP contribution in [0.25, 0.3) is 0 Å². The lowest BCUT2D eigenvalue weighted by Gasteiger charge is -2.30. The fourth-order valence-corrected chi connectivity index (χ4v) is 4.31. The third kappa shape index (κ3) is 6.92. The van der Waals surface area contributed by atoms with Crippen LogP contribution in [0.4, 0.5) is 0 Å². The average molecular weight is 468 g/mol. The molecule has 1 heterocycles. The van der Waals surface area contributed by atoms with Crippen LogP contribution >= 0.6 is 7.82 Å². The fraction of sp³-hybridized carbons (Fsp3) is 0.240. The Hall–Kier alpha value is -2.64. The van der Waals surface area contributed by atoms with E-state index < -0.39 is 20.2 Å². The Morgan fingerprint density at radius 2 is 1.27 bits per heavy atom. The van der Waals surface area contributed by atoms with E-state index in [-0.39, 0.29) is 32.2 Å². The predicted molar refractivity (Wildman–Crippen MR) is 121 cm³/mol. The highest BCUT2D eigenvalue weighted by molar-refractivity contribution is 7.48. The molecular formula is C25H25O7P. The lowest BCUT2D eigenvalue weighted by atomic mass is 10.2. The van der Waals surface area contributed by atoms with Crippen LogP contribution in [0.5, 0.6) is 0 Å². The van der Waals surface area contributed by atoms with Crippen molar-refractivity contribution in [1.82, 2.24) is 0 Å². The number of phosphoric ester groups is 1. The van der Waals surface area contributed by atoms with Gasteiger partial charge in [-0.2, -0.15) is 0 Å². The van der Waals surface area contributed by atoms with E-state index in [2.05, 4.69) is 0 Å². The molecule has 4 rings (SSSR count). The van der Waals surface area contributed by atoms with E-state index in [1.54, 1.807) is 0 Å². The molecule has 33 heavy (non-hydrogen) atoms. The number of hydrogen-bond acceptors (Lipinski definition) is 7. The molecule has 8 heteroatoms. The van der Waals surface area contributed by atoms with Gasteiger partial charge < -0.3 is 9.47 Å².